The van der Waals surface area contributed by atoms with Gasteiger partial charge in [0.05, 0.1) is 12.2 Å². The van der Waals surface area contributed by atoms with Crippen LogP contribution >= 0.6 is 23.2 Å². The standard InChI is InChI=1S/C25H25Cl2N3O3/c26-21-9-3-1-6-18(21)14-23-24(17-33-20-8-5-11-28-15-20)30(25(31)32)13-12-29(23)16-19-7-2-4-10-22(19)27/h1-11,15,23-24H,12-14,16-17H2,(H,31,32). The third-order valence-corrected chi connectivity index (χ3v) is 6.70. The van der Waals surface area contributed by atoms with Crippen molar-refractivity contribution in [2.24, 2.45) is 0 Å². The van der Waals surface area contributed by atoms with Crippen LogP contribution in [-0.4, -0.2) is 57.8 Å². The SMILES string of the molecule is O=C(O)N1CCN(Cc2ccccc2Cl)C(Cc2ccccc2Cl)C1COc1cccnc1. The lowest BCUT2D eigenvalue weighted by atomic mass is 9.94. The van der Waals surface area contributed by atoms with Crippen molar-refractivity contribution in [3.8, 4) is 5.75 Å². The topological polar surface area (TPSA) is 65.9 Å². The Bertz CT molecular complexity index is 1080. The maximum absolute atomic E-state index is 12.2. The number of pyridine rings is 1. The van der Waals surface area contributed by atoms with E-state index in [1.165, 1.54) is 4.90 Å². The number of halogens is 2. The fourth-order valence-corrected chi connectivity index (χ4v) is 4.68. The predicted molar refractivity (Wildman–Crippen MR) is 129 cm³/mol. The van der Waals surface area contributed by atoms with Gasteiger partial charge in [-0.15, -0.1) is 0 Å². The van der Waals surface area contributed by atoms with Gasteiger partial charge < -0.3 is 9.84 Å². The zero-order chi connectivity index (χ0) is 23.2. The van der Waals surface area contributed by atoms with Gasteiger partial charge in [-0.25, -0.2) is 4.79 Å². The highest BCUT2D eigenvalue weighted by molar-refractivity contribution is 6.31. The second-order valence-corrected chi connectivity index (χ2v) is 8.78. The highest BCUT2D eigenvalue weighted by Crippen LogP contribution is 2.28. The number of rotatable bonds is 7. The van der Waals surface area contributed by atoms with Crippen molar-refractivity contribution in [3.63, 3.8) is 0 Å². The summed E-state index contributed by atoms with van der Waals surface area (Å²) >= 11 is 12.9. The van der Waals surface area contributed by atoms with E-state index in [2.05, 4.69) is 9.88 Å². The number of piperazine rings is 1. The molecule has 1 aromatic heterocycles. The Morgan fingerprint density at radius 3 is 2.30 bits per heavy atom. The van der Waals surface area contributed by atoms with Crippen molar-refractivity contribution in [2.75, 3.05) is 19.7 Å². The van der Waals surface area contributed by atoms with Crippen LogP contribution in [0.25, 0.3) is 0 Å². The van der Waals surface area contributed by atoms with Gasteiger partial charge in [-0.2, -0.15) is 0 Å². The Hall–Kier alpha value is -2.80. The minimum atomic E-state index is -0.962. The molecule has 1 N–H and O–H groups in total. The van der Waals surface area contributed by atoms with Crippen molar-refractivity contribution < 1.29 is 14.6 Å². The maximum Gasteiger partial charge on any atom is 0.407 e. The first-order chi connectivity index (χ1) is 16.0. The first-order valence-corrected chi connectivity index (χ1v) is 11.5. The van der Waals surface area contributed by atoms with Crippen LogP contribution in [0.5, 0.6) is 5.75 Å². The molecule has 4 rings (SSSR count). The molecule has 0 radical (unpaired) electrons. The van der Waals surface area contributed by atoms with Gasteiger partial charge in [0.25, 0.3) is 0 Å². The van der Waals surface area contributed by atoms with E-state index in [1.807, 2.05) is 54.6 Å². The molecule has 1 saturated heterocycles. The molecule has 1 amide bonds. The first kappa shape index (κ1) is 23.4. The van der Waals surface area contributed by atoms with Gasteiger partial charge in [0, 0.05) is 41.9 Å². The van der Waals surface area contributed by atoms with Gasteiger partial charge in [-0.1, -0.05) is 59.6 Å². The number of hydrogen-bond donors (Lipinski definition) is 1. The molecule has 8 heteroatoms. The van der Waals surface area contributed by atoms with E-state index in [1.54, 1.807) is 18.5 Å². The fraction of sp³-hybridized carbons (Fsp3) is 0.280. The van der Waals surface area contributed by atoms with Crippen LogP contribution in [0.15, 0.2) is 73.1 Å². The number of nitrogens with zero attached hydrogens (tertiary/aromatic N) is 3. The van der Waals surface area contributed by atoms with Crippen LogP contribution in [-0.2, 0) is 13.0 Å². The van der Waals surface area contributed by atoms with Crippen molar-refractivity contribution >= 4 is 29.3 Å². The Morgan fingerprint density at radius 1 is 0.970 bits per heavy atom. The molecule has 33 heavy (non-hydrogen) atoms. The van der Waals surface area contributed by atoms with Gasteiger partial charge in [0.1, 0.15) is 12.4 Å². The lowest BCUT2D eigenvalue weighted by Crippen LogP contribution is -2.63. The van der Waals surface area contributed by atoms with E-state index < -0.39 is 12.1 Å². The summed E-state index contributed by atoms with van der Waals surface area (Å²) in [7, 11) is 0. The number of benzene rings is 2. The molecule has 0 aliphatic carbocycles. The van der Waals surface area contributed by atoms with Crippen molar-refractivity contribution in [1.29, 1.82) is 0 Å². The Kier molecular flexibility index (Phi) is 7.70. The molecule has 2 heterocycles. The molecule has 0 saturated carbocycles. The molecule has 3 aromatic rings. The fourth-order valence-electron chi connectivity index (χ4n) is 4.27. The van der Waals surface area contributed by atoms with Crippen LogP contribution < -0.4 is 4.74 Å². The summed E-state index contributed by atoms with van der Waals surface area (Å²) in [6.45, 7) is 1.76. The van der Waals surface area contributed by atoms with E-state index in [0.717, 1.165) is 11.1 Å². The average Bonchev–Trinajstić information content (AvgIpc) is 2.82. The van der Waals surface area contributed by atoms with Gasteiger partial charge >= 0.3 is 6.09 Å². The van der Waals surface area contributed by atoms with Crippen molar-refractivity contribution in [3.05, 3.63) is 94.2 Å². The number of carboxylic acid groups (broad SMARTS) is 1. The predicted octanol–water partition coefficient (Wildman–Crippen LogP) is 5.24. The monoisotopic (exact) mass is 485 g/mol. The molecule has 0 bridgehead atoms. The number of aromatic nitrogens is 1. The van der Waals surface area contributed by atoms with E-state index >= 15 is 0 Å². The van der Waals surface area contributed by atoms with Crippen LogP contribution in [0, 0.1) is 0 Å². The molecular weight excluding hydrogens is 461 g/mol. The van der Waals surface area contributed by atoms with Crippen molar-refractivity contribution in [2.45, 2.75) is 25.0 Å². The second-order valence-electron chi connectivity index (χ2n) is 7.97. The normalized spacial score (nSPS) is 18.8. The van der Waals surface area contributed by atoms with E-state index in [4.69, 9.17) is 27.9 Å². The van der Waals surface area contributed by atoms with Gasteiger partial charge in [0.15, 0.2) is 0 Å². The summed E-state index contributed by atoms with van der Waals surface area (Å²) in [4.78, 5) is 20.0. The summed E-state index contributed by atoms with van der Waals surface area (Å²) in [5.74, 6) is 0.600. The average molecular weight is 486 g/mol. The molecule has 2 unspecified atom stereocenters. The van der Waals surface area contributed by atoms with Gasteiger partial charge in [0.2, 0.25) is 0 Å². The molecule has 172 valence electrons. The number of ether oxygens (including phenoxy) is 1. The molecular formula is C25H25Cl2N3O3. The van der Waals surface area contributed by atoms with E-state index in [9.17, 15) is 9.90 Å². The first-order valence-electron chi connectivity index (χ1n) is 10.8. The van der Waals surface area contributed by atoms with Crippen LogP contribution in [0.4, 0.5) is 4.79 Å². The minimum Gasteiger partial charge on any atom is -0.490 e. The number of carbonyl (C=O) groups is 1. The molecule has 2 aromatic carbocycles. The molecule has 1 aliphatic rings. The Balaban J connectivity index is 1.65. The maximum atomic E-state index is 12.2. The molecule has 2 atom stereocenters. The summed E-state index contributed by atoms with van der Waals surface area (Å²) in [6.07, 6.45) is 2.91. The third kappa shape index (κ3) is 5.77. The zero-order valence-corrected chi connectivity index (χ0v) is 19.5. The minimum absolute atomic E-state index is 0.164. The van der Waals surface area contributed by atoms with Crippen LogP contribution in [0.1, 0.15) is 11.1 Å². The molecule has 6 nitrogen and oxygen atoms in total. The van der Waals surface area contributed by atoms with Gasteiger partial charge in [-0.3, -0.25) is 14.8 Å². The quantitative estimate of drug-likeness (QED) is 0.495. The Morgan fingerprint density at radius 2 is 1.67 bits per heavy atom. The summed E-state index contributed by atoms with van der Waals surface area (Å²) in [6, 6.07) is 18.4. The highest BCUT2D eigenvalue weighted by Gasteiger charge is 2.40. The van der Waals surface area contributed by atoms with Gasteiger partial charge in [-0.05, 0) is 41.8 Å². The highest BCUT2D eigenvalue weighted by atomic mass is 35.5. The van der Waals surface area contributed by atoms with Crippen LogP contribution in [0.3, 0.4) is 0 Å². The van der Waals surface area contributed by atoms with E-state index in [-0.39, 0.29) is 12.6 Å². The second kappa shape index (κ2) is 10.9. The van der Waals surface area contributed by atoms with Crippen molar-refractivity contribution in [1.82, 2.24) is 14.8 Å². The summed E-state index contributed by atoms with van der Waals surface area (Å²) in [5, 5.41) is 11.3. The largest absolute Gasteiger partial charge is 0.490 e. The summed E-state index contributed by atoms with van der Waals surface area (Å²) < 4.78 is 5.99. The van der Waals surface area contributed by atoms with E-state index in [0.29, 0.717) is 41.8 Å². The zero-order valence-electron chi connectivity index (χ0n) is 18.0. The van der Waals surface area contributed by atoms with Crippen LogP contribution in [0.2, 0.25) is 10.0 Å². The third-order valence-electron chi connectivity index (χ3n) is 5.96. The molecule has 1 aliphatic heterocycles. The molecule has 0 spiro atoms. The number of amides is 1. The Labute approximate surface area is 203 Å². The molecule has 1 fully saturated rings. The summed E-state index contributed by atoms with van der Waals surface area (Å²) in [5.41, 5.74) is 1.96. The lowest BCUT2D eigenvalue weighted by molar-refractivity contribution is 0.000743. The smallest absolute Gasteiger partial charge is 0.407 e. The number of hydrogen-bond acceptors (Lipinski definition) is 4. The lowest BCUT2D eigenvalue weighted by Gasteiger charge is -2.46.